The lowest BCUT2D eigenvalue weighted by atomic mass is 10.1. The number of hydrogen-bond acceptors (Lipinski definition) is 19. The van der Waals surface area contributed by atoms with Crippen LogP contribution >= 0.6 is 21.4 Å². The largest absolute Gasteiger partial charge is 0.377 e. The maximum absolute atomic E-state index is 11.7. The Morgan fingerprint density at radius 1 is 0.535 bits per heavy atom. The van der Waals surface area contributed by atoms with Crippen LogP contribution in [-0.2, 0) is 102 Å². The predicted octanol–water partition coefficient (Wildman–Crippen LogP) is 0.0606. The summed E-state index contributed by atoms with van der Waals surface area (Å²) in [7, 11) is 5.47. The molecule has 0 spiro atoms. The molecule has 0 radical (unpaired) electrons. The number of nitrogens with two attached hydrogens (primary N) is 1. The second-order valence-corrected chi connectivity index (χ2v) is 19.6. The number of hydrogen-bond donors (Lipinski definition) is 7. The van der Waals surface area contributed by atoms with Crippen molar-refractivity contribution in [3.8, 4) is 0 Å². The predicted molar refractivity (Wildman–Crippen MR) is 280 cm³/mol. The number of likely N-dealkylation sites (N-methyl/N-ethyl adjacent to an activating group) is 2. The molecule has 2 unspecified atom stereocenters. The van der Waals surface area contributed by atoms with Crippen LogP contribution in [0.3, 0.4) is 0 Å². The molecule has 0 aromatic carbocycles. The maximum atomic E-state index is 11.7. The van der Waals surface area contributed by atoms with Crippen LogP contribution in [0.15, 0.2) is 24.3 Å². The van der Waals surface area contributed by atoms with Crippen LogP contribution in [0.1, 0.15) is 66.2 Å². The van der Waals surface area contributed by atoms with Gasteiger partial charge in [-0.1, -0.05) is 14.9 Å². The average Bonchev–Trinajstić information content (AvgIpc) is 3.84. The van der Waals surface area contributed by atoms with Crippen LogP contribution < -0.4 is 37.6 Å². The van der Waals surface area contributed by atoms with Crippen LogP contribution in [0, 0.1) is 0 Å². The quantitative estimate of drug-likeness (QED) is 0.0244. The summed E-state index contributed by atoms with van der Waals surface area (Å²) in [5, 5.41) is 16.5. The fraction of sp³-hybridized carbons (Fsp3) is 0.667. The van der Waals surface area contributed by atoms with Crippen molar-refractivity contribution in [3.63, 3.8) is 0 Å². The normalized spacial score (nSPS) is 13.3. The molecule has 23 nitrogen and oxygen atoms in total. The van der Waals surface area contributed by atoms with Crippen molar-refractivity contribution in [1.82, 2.24) is 41.7 Å². The Morgan fingerprint density at radius 3 is 1.23 bits per heavy atom. The number of ether oxygens (including phenoxy) is 4. The van der Waals surface area contributed by atoms with Crippen molar-refractivity contribution in [2.45, 2.75) is 78.3 Å². The molecular formula is C42H72N9O14P3S3. The van der Waals surface area contributed by atoms with Gasteiger partial charge in [-0.25, -0.2) is 0 Å². The number of carbonyl (C=O) groups excluding carboxylic acids is 10. The molecule has 2 heterocycles. The summed E-state index contributed by atoms with van der Waals surface area (Å²) >= 11 is 13.6. The molecule has 2 rings (SSSR count). The van der Waals surface area contributed by atoms with Crippen molar-refractivity contribution < 1.29 is 66.9 Å². The molecule has 8 N–H and O–H groups in total. The first-order valence-corrected chi connectivity index (χ1v) is 28.2. The molecule has 71 heavy (non-hydrogen) atoms. The molecule has 29 heteroatoms. The number of nitrogens with one attached hydrogen (secondary N) is 6. The van der Waals surface area contributed by atoms with Gasteiger partial charge in [0, 0.05) is 90.5 Å². The van der Waals surface area contributed by atoms with E-state index in [2.05, 4.69) is 55.5 Å². The fourth-order valence-electron chi connectivity index (χ4n) is 5.59. The van der Waals surface area contributed by atoms with Gasteiger partial charge in [0.1, 0.15) is 13.2 Å². The highest BCUT2D eigenvalue weighted by Gasteiger charge is 2.24. The van der Waals surface area contributed by atoms with Gasteiger partial charge in [-0.15, -0.1) is 0 Å². The van der Waals surface area contributed by atoms with Gasteiger partial charge in [-0.3, -0.25) is 57.7 Å². The number of nitrogens with zero attached hydrogens (tertiary/aromatic N) is 2. The highest BCUT2D eigenvalue weighted by Crippen LogP contribution is 2.11. The summed E-state index contributed by atoms with van der Waals surface area (Å²) in [6, 6.07) is -0.591. The fourth-order valence-corrected chi connectivity index (χ4v) is 6.36. The zero-order valence-electron chi connectivity index (χ0n) is 38.8. The Bertz CT molecular complexity index is 1730. The van der Waals surface area contributed by atoms with E-state index in [4.69, 9.17) is 36.5 Å². The summed E-state index contributed by atoms with van der Waals surface area (Å²) in [6.45, 7) is 3.03. The average molecular weight is 1120 g/mol. The third-order valence-electron chi connectivity index (χ3n) is 9.22. The number of primary amides is 1. The van der Waals surface area contributed by atoms with Crippen LogP contribution in [-0.4, -0.2) is 187 Å². The molecule has 9 amide bonds. The Kier molecular flexibility index (Phi) is 47.4. The van der Waals surface area contributed by atoms with Gasteiger partial charge in [0.25, 0.3) is 23.6 Å². The highest BCUT2D eigenvalue weighted by molar-refractivity contribution is 8.40. The van der Waals surface area contributed by atoms with Gasteiger partial charge in [0.05, 0.1) is 59.1 Å². The molecule has 0 saturated heterocycles. The van der Waals surface area contributed by atoms with E-state index in [1.54, 1.807) is 14.1 Å². The van der Waals surface area contributed by atoms with Crippen LogP contribution in [0.25, 0.3) is 0 Å². The molecule has 2 atom stereocenters. The molecule has 0 aromatic rings. The number of amides is 9. The molecule has 0 bridgehead atoms. The summed E-state index contributed by atoms with van der Waals surface area (Å²) < 4.78 is 21.1. The van der Waals surface area contributed by atoms with E-state index in [9.17, 15) is 47.9 Å². The molecule has 0 saturated carbocycles. The third kappa shape index (κ3) is 37.5. The minimum absolute atomic E-state index is 0. The second kappa shape index (κ2) is 47.1. The maximum Gasteiger partial charge on any atom is 0.253 e. The van der Waals surface area contributed by atoms with Gasteiger partial charge >= 0.3 is 0 Å². The van der Waals surface area contributed by atoms with E-state index in [1.165, 1.54) is 24.3 Å². The smallest absolute Gasteiger partial charge is 0.253 e. The van der Waals surface area contributed by atoms with E-state index in [0.29, 0.717) is 33.3 Å². The van der Waals surface area contributed by atoms with Gasteiger partial charge in [0.2, 0.25) is 35.1 Å². The zero-order chi connectivity index (χ0) is 51.7. The Balaban J connectivity index is -0.00000118. The first-order valence-electron chi connectivity index (χ1n) is 21.8. The van der Waals surface area contributed by atoms with Crippen LogP contribution in [0.2, 0.25) is 0 Å². The van der Waals surface area contributed by atoms with Crippen molar-refractivity contribution in [1.29, 1.82) is 0 Å². The van der Waals surface area contributed by atoms with Crippen LogP contribution in [0.4, 0.5) is 0 Å². The number of carbonyl (C=O) groups is 10. The summed E-state index contributed by atoms with van der Waals surface area (Å²) in [4.78, 5) is 117. The minimum Gasteiger partial charge on any atom is -0.377 e. The van der Waals surface area contributed by atoms with Gasteiger partial charge in [-0.05, 0) is 88.0 Å². The van der Waals surface area contributed by atoms with Crippen molar-refractivity contribution in [2.75, 3.05) is 106 Å². The molecule has 0 aromatic heterocycles. The van der Waals surface area contributed by atoms with Gasteiger partial charge in [-0.2, -0.15) is 0 Å². The number of rotatable bonds is 38. The summed E-state index contributed by atoms with van der Waals surface area (Å²) in [5.41, 5.74) is 5.22. The Labute approximate surface area is 436 Å². The molecule has 402 valence electrons. The monoisotopic (exact) mass is 1120 g/mol. The van der Waals surface area contributed by atoms with E-state index >= 15 is 0 Å². The lowest BCUT2D eigenvalue weighted by Crippen LogP contribution is -2.39. The highest BCUT2D eigenvalue weighted by atomic mass is 32.7. The standard InChI is InChI=1S/C20H33N5O7.C20H31N4O7PS.2CH4.P2S2/c1-22-15(20(21)30)4-2-3-8-23-17(27)14-32-13-12-31-11-9-24-16(26)7-10-25-18(28)5-6-19(25)29;1-21-15(20(29)32-33)4-2-3-8-22-17(26)14-31-13-12-30-11-9-23-16(25)7-10-24-18(27)5-6-19(24)28;;;3-1-2-4/h5-6,15,22H,2-4,7-14H2,1H3,(H2,21,30)(H,23,27)(H,24,26);5-6,15,21H,2-4,7-14H2,1H3,(H,22,26)(H,23,25);2*1H4;. The SMILES string of the molecule is C.C.CNC(CCCCNC(=O)COCCOCCNC(=O)CCN1C(=O)C=CC1=O)C(=O)P=S.CNC(CCCCNC(=O)COCCOCCNC(=O)CCN1C(=O)C=CC1=O)C(N)=O.S=PP=S. The summed E-state index contributed by atoms with van der Waals surface area (Å²) in [6.07, 6.45) is 9.08. The van der Waals surface area contributed by atoms with Crippen molar-refractivity contribution in [3.05, 3.63) is 24.3 Å². The van der Waals surface area contributed by atoms with E-state index in [0.717, 1.165) is 49.6 Å². The van der Waals surface area contributed by atoms with Crippen LogP contribution in [0.5, 0.6) is 0 Å². The second-order valence-electron chi connectivity index (χ2n) is 14.2. The molecular weight excluding hydrogens is 1040 g/mol. The Morgan fingerprint density at radius 2 is 0.887 bits per heavy atom. The first kappa shape index (κ1) is 71.4. The minimum atomic E-state index is -0.414. The lowest BCUT2D eigenvalue weighted by Gasteiger charge is -2.13. The summed E-state index contributed by atoms with van der Waals surface area (Å²) in [5.74, 6) is -3.07. The van der Waals surface area contributed by atoms with E-state index in [1.807, 2.05) is 0 Å². The van der Waals surface area contributed by atoms with Crippen molar-refractivity contribution >= 4 is 116 Å². The van der Waals surface area contributed by atoms with E-state index < -0.39 is 23.6 Å². The van der Waals surface area contributed by atoms with Gasteiger partial charge < -0.3 is 56.6 Å². The molecule has 2 aliphatic rings. The lowest BCUT2D eigenvalue weighted by molar-refractivity contribution is -0.139. The number of unbranched alkanes of at least 4 members (excludes halogenated alkanes) is 2. The molecule has 2 aliphatic heterocycles. The molecule has 0 fully saturated rings. The van der Waals surface area contributed by atoms with Gasteiger partial charge in [0.15, 0.2) is 0 Å². The molecule has 0 aliphatic carbocycles. The third-order valence-corrected chi connectivity index (χ3v) is 12.9. The Hall–Kier alpha value is -3.90. The van der Waals surface area contributed by atoms with Crippen molar-refractivity contribution in [2.24, 2.45) is 5.73 Å². The van der Waals surface area contributed by atoms with E-state index in [-0.39, 0.29) is 154 Å². The first-order chi connectivity index (χ1) is 33.1. The topological polar surface area (TPSA) is 312 Å². The zero-order valence-corrected chi connectivity index (χ0v) is 43.9. The number of imide groups is 2.